The number of rotatable bonds is 2. The van der Waals surface area contributed by atoms with Crippen LogP contribution in [0.2, 0.25) is 0 Å². The number of amides is 1. The van der Waals surface area contributed by atoms with E-state index in [1.54, 1.807) is 11.8 Å². The standard InChI is InChI=1S/C10H11NOS/c1-7-9(10(12)11-7)13-8-5-3-2-4-6-8/h2-7,9H,1H3,(H,11,12)/t7-,9-/m0/s1. The maximum atomic E-state index is 11.1. The quantitative estimate of drug-likeness (QED) is 0.724. The SMILES string of the molecule is C[C@@H]1NC(=O)[C@H]1Sc1ccccc1. The zero-order valence-corrected chi connectivity index (χ0v) is 8.17. The molecule has 1 fully saturated rings. The number of hydrogen-bond acceptors (Lipinski definition) is 2. The molecule has 2 nitrogen and oxygen atoms in total. The summed E-state index contributed by atoms with van der Waals surface area (Å²) in [6.07, 6.45) is 0. The van der Waals surface area contributed by atoms with Crippen LogP contribution < -0.4 is 5.32 Å². The van der Waals surface area contributed by atoms with Crippen molar-refractivity contribution < 1.29 is 4.79 Å². The van der Waals surface area contributed by atoms with E-state index in [9.17, 15) is 4.79 Å². The number of thioether (sulfide) groups is 1. The summed E-state index contributed by atoms with van der Waals surface area (Å²) in [6, 6.07) is 10.3. The summed E-state index contributed by atoms with van der Waals surface area (Å²) in [6.45, 7) is 2.03. The molecule has 3 heteroatoms. The molecular weight excluding hydrogens is 182 g/mol. The van der Waals surface area contributed by atoms with Gasteiger partial charge < -0.3 is 5.32 Å². The number of benzene rings is 1. The van der Waals surface area contributed by atoms with Gasteiger partial charge >= 0.3 is 0 Å². The highest BCUT2D eigenvalue weighted by atomic mass is 32.2. The molecule has 1 aliphatic rings. The molecule has 1 N–H and O–H groups in total. The van der Waals surface area contributed by atoms with Crippen LogP contribution >= 0.6 is 11.8 Å². The van der Waals surface area contributed by atoms with E-state index in [4.69, 9.17) is 0 Å². The number of hydrogen-bond donors (Lipinski definition) is 1. The molecule has 1 amide bonds. The minimum atomic E-state index is 0.0994. The summed E-state index contributed by atoms with van der Waals surface area (Å²) >= 11 is 1.63. The maximum absolute atomic E-state index is 11.1. The molecule has 1 aliphatic heterocycles. The molecule has 1 heterocycles. The Hall–Kier alpha value is -0.960. The smallest absolute Gasteiger partial charge is 0.235 e. The molecular formula is C10H11NOS. The van der Waals surface area contributed by atoms with Gasteiger partial charge in [0.15, 0.2) is 0 Å². The average Bonchev–Trinajstić information content (AvgIpc) is 2.16. The van der Waals surface area contributed by atoms with E-state index < -0.39 is 0 Å². The first-order chi connectivity index (χ1) is 6.27. The molecule has 0 unspecified atom stereocenters. The van der Waals surface area contributed by atoms with Crippen LogP contribution in [0.15, 0.2) is 35.2 Å². The highest BCUT2D eigenvalue weighted by molar-refractivity contribution is 8.00. The zero-order chi connectivity index (χ0) is 9.26. The summed E-state index contributed by atoms with van der Waals surface area (Å²) in [5.74, 6) is 0.154. The van der Waals surface area contributed by atoms with E-state index in [0.717, 1.165) is 4.90 Å². The average molecular weight is 193 g/mol. The van der Waals surface area contributed by atoms with Crippen LogP contribution in [0.1, 0.15) is 6.92 Å². The van der Waals surface area contributed by atoms with Crippen molar-refractivity contribution in [1.29, 1.82) is 0 Å². The Morgan fingerprint density at radius 1 is 1.31 bits per heavy atom. The van der Waals surface area contributed by atoms with Crippen LogP contribution in [-0.4, -0.2) is 17.2 Å². The van der Waals surface area contributed by atoms with Crippen LogP contribution in [0.4, 0.5) is 0 Å². The van der Waals surface area contributed by atoms with Gasteiger partial charge in [-0.05, 0) is 19.1 Å². The molecule has 2 rings (SSSR count). The van der Waals surface area contributed by atoms with Gasteiger partial charge in [0.2, 0.25) is 5.91 Å². The Morgan fingerprint density at radius 3 is 2.54 bits per heavy atom. The van der Waals surface area contributed by atoms with E-state index in [1.165, 1.54) is 0 Å². The molecule has 0 spiro atoms. The van der Waals surface area contributed by atoms with Gasteiger partial charge in [-0.1, -0.05) is 18.2 Å². The molecule has 1 aromatic carbocycles. The van der Waals surface area contributed by atoms with Crippen molar-refractivity contribution in [2.75, 3.05) is 0 Å². The van der Waals surface area contributed by atoms with E-state index >= 15 is 0 Å². The van der Waals surface area contributed by atoms with Gasteiger partial charge in [-0.3, -0.25) is 4.79 Å². The molecule has 1 aromatic rings. The molecule has 0 radical (unpaired) electrons. The van der Waals surface area contributed by atoms with Crippen molar-refractivity contribution in [1.82, 2.24) is 5.32 Å². The van der Waals surface area contributed by atoms with Crippen molar-refractivity contribution >= 4 is 17.7 Å². The fourth-order valence-corrected chi connectivity index (χ4v) is 2.37. The predicted molar refractivity (Wildman–Crippen MR) is 53.7 cm³/mol. The lowest BCUT2D eigenvalue weighted by Crippen LogP contribution is -2.58. The largest absolute Gasteiger partial charge is 0.351 e. The molecule has 68 valence electrons. The second-order valence-electron chi connectivity index (χ2n) is 3.15. The molecule has 13 heavy (non-hydrogen) atoms. The fraction of sp³-hybridized carbons (Fsp3) is 0.300. The summed E-state index contributed by atoms with van der Waals surface area (Å²) in [5, 5.41) is 2.92. The molecule has 0 saturated carbocycles. The third-order valence-corrected chi connectivity index (χ3v) is 3.51. The fourth-order valence-electron chi connectivity index (χ4n) is 1.31. The first kappa shape index (κ1) is 8.63. The third-order valence-electron chi connectivity index (χ3n) is 2.09. The number of β-lactam (4-membered cyclic amide) rings is 1. The number of carbonyl (C=O) groups is 1. The van der Waals surface area contributed by atoms with Crippen molar-refractivity contribution in [2.45, 2.75) is 23.1 Å². The van der Waals surface area contributed by atoms with Crippen LogP contribution in [0, 0.1) is 0 Å². The van der Waals surface area contributed by atoms with Crippen molar-refractivity contribution in [3.63, 3.8) is 0 Å². The number of carbonyl (C=O) groups excluding carboxylic acids is 1. The second kappa shape index (κ2) is 3.42. The van der Waals surface area contributed by atoms with Gasteiger partial charge in [0.05, 0.1) is 0 Å². The first-order valence-electron chi connectivity index (χ1n) is 4.29. The van der Waals surface area contributed by atoms with Crippen molar-refractivity contribution in [2.24, 2.45) is 0 Å². The van der Waals surface area contributed by atoms with Gasteiger partial charge in [-0.2, -0.15) is 0 Å². The van der Waals surface area contributed by atoms with Crippen LogP contribution in [0.3, 0.4) is 0 Å². The Balaban J connectivity index is 2.02. The van der Waals surface area contributed by atoms with Crippen LogP contribution in [-0.2, 0) is 4.79 Å². The Kier molecular flexibility index (Phi) is 2.27. The van der Waals surface area contributed by atoms with Crippen LogP contribution in [0.25, 0.3) is 0 Å². The van der Waals surface area contributed by atoms with Crippen molar-refractivity contribution in [3.8, 4) is 0 Å². The minimum Gasteiger partial charge on any atom is -0.351 e. The highest BCUT2D eigenvalue weighted by Gasteiger charge is 2.36. The first-order valence-corrected chi connectivity index (χ1v) is 5.17. The van der Waals surface area contributed by atoms with Crippen LogP contribution in [0.5, 0.6) is 0 Å². The molecule has 1 saturated heterocycles. The summed E-state index contributed by atoms with van der Waals surface area (Å²) < 4.78 is 0. The van der Waals surface area contributed by atoms with E-state index in [1.807, 2.05) is 37.3 Å². The van der Waals surface area contributed by atoms with E-state index in [-0.39, 0.29) is 11.2 Å². The van der Waals surface area contributed by atoms with Gasteiger partial charge in [0, 0.05) is 10.9 Å². The lowest BCUT2D eigenvalue weighted by Gasteiger charge is -2.33. The molecule has 0 bridgehead atoms. The monoisotopic (exact) mass is 193 g/mol. The molecule has 2 atom stereocenters. The van der Waals surface area contributed by atoms with Gasteiger partial charge in [0.25, 0.3) is 0 Å². The minimum absolute atomic E-state index is 0.0994. The Morgan fingerprint density at radius 2 is 2.00 bits per heavy atom. The van der Waals surface area contributed by atoms with E-state index in [0.29, 0.717) is 6.04 Å². The third kappa shape index (κ3) is 1.70. The summed E-state index contributed by atoms with van der Waals surface area (Å²) in [4.78, 5) is 12.3. The van der Waals surface area contributed by atoms with Crippen molar-refractivity contribution in [3.05, 3.63) is 30.3 Å². The Bertz CT molecular complexity index is 312. The second-order valence-corrected chi connectivity index (χ2v) is 4.36. The van der Waals surface area contributed by atoms with Gasteiger partial charge in [-0.25, -0.2) is 0 Å². The topological polar surface area (TPSA) is 29.1 Å². The lowest BCUT2D eigenvalue weighted by molar-refractivity contribution is -0.126. The zero-order valence-electron chi connectivity index (χ0n) is 7.36. The maximum Gasteiger partial charge on any atom is 0.235 e. The predicted octanol–water partition coefficient (Wildman–Crippen LogP) is 1.67. The number of nitrogens with one attached hydrogen (secondary N) is 1. The molecule has 0 aliphatic carbocycles. The summed E-state index contributed by atoms with van der Waals surface area (Å²) in [7, 11) is 0. The van der Waals surface area contributed by atoms with E-state index in [2.05, 4.69) is 5.32 Å². The molecule has 0 aromatic heterocycles. The van der Waals surface area contributed by atoms with Gasteiger partial charge in [0.1, 0.15) is 5.25 Å². The lowest BCUT2D eigenvalue weighted by atomic mass is 10.1. The summed E-state index contributed by atoms with van der Waals surface area (Å²) in [5.41, 5.74) is 0. The van der Waals surface area contributed by atoms with Gasteiger partial charge in [-0.15, -0.1) is 11.8 Å². The normalized spacial score (nSPS) is 26.4. The Labute approximate surface area is 81.7 Å². The highest BCUT2D eigenvalue weighted by Crippen LogP contribution is 2.29.